The summed E-state index contributed by atoms with van der Waals surface area (Å²) in [5, 5.41) is 12.0. The monoisotopic (exact) mass is 266 g/mol. The van der Waals surface area contributed by atoms with E-state index >= 15 is 0 Å². The molecule has 19 heavy (non-hydrogen) atoms. The van der Waals surface area contributed by atoms with E-state index in [0.29, 0.717) is 19.1 Å². The molecule has 106 valence electrons. The van der Waals surface area contributed by atoms with Crippen LogP contribution in [-0.4, -0.2) is 41.1 Å². The molecule has 2 atom stereocenters. The number of nitrogens with zero attached hydrogens (tertiary/aromatic N) is 1. The Morgan fingerprint density at radius 1 is 1.32 bits per heavy atom. The van der Waals surface area contributed by atoms with E-state index in [1.165, 1.54) is 0 Å². The molecule has 2 aliphatic carbocycles. The van der Waals surface area contributed by atoms with Crippen molar-refractivity contribution in [3.63, 3.8) is 0 Å². The molecule has 0 heterocycles. The van der Waals surface area contributed by atoms with Crippen molar-refractivity contribution in [3.05, 3.63) is 12.7 Å². The number of aliphatic carboxylic acids is 1. The van der Waals surface area contributed by atoms with Gasteiger partial charge in [0, 0.05) is 19.1 Å². The fourth-order valence-electron chi connectivity index (χ4n) is 2.85. The van der Waals surface area contributed by atoms with Gasteiger partial charge in [0.05, 0.1) is 5.92 Å². The number of hydrogen-bond donors (Lipinski definition) is 2. The Bertz CT molecular complexity index is 366. The normalized spacial score (nSPS) is 25.9. The number of rotatable bonds is 6. The minimum Gasteiger partial charge on any atom is -0.481 e. The average Bonchev–Trinajstić information content (AvgIpc) is 3.10. The molecule has 2 fully saturated rings. The third-order valence-electron chi connectivity index (χ3n) is 4.07. The Balaban J connectivity index is 1.81. The van der Waals surface area contributed by atoms with Crippen LogP contribution in [-0.2, 0) is 4.79 Å². The van der Waals surface area contributed by atoms with Gasteiger partial charge in [-0.15, -0.1) is 6.58 Å². The number of carbonyl (C=O) groups is 2. The molecule has 2 saturated carbocycles. The molecular weight excluding hydrogens is 244 g/mol. The molecule has 5 nitrogen and oxygen atoms in total. The lowest BCUT2D eigenvalue weighted by Gasteiger charge is -2.23. The van der Waals surface area contributed by atoms with Crippen LogP contribution in [0.3, 0.4) is 0 Å². The Morgan fingerprint density at radius 2 is 2.05 bits per heavy atom. The first-order valence-electron chi connectivity index (χ1n) is 7.01. The van der Waals surface area contributed by atoms with Crippen LogP contribution in [0.2, 0.25) is 0 Å². The number of amides is 2. The van der Waals surface area contributed by atoms with Crippen LogP contribution in [0.25, 0.3) is 0 Å². The lowest BCUT2D eigenvalue weighted by Crippen LogP contribution is -2.44. The van der Waals surface area contributed by atoms with Gasteiger partial charge in [0.25, 0.3) is 0 Å². The molecule has 2 N–H and O–H groups in total. The highest BCUT2D eigenvalue weighted by Gasteiger charge is 2.35. The molecular formula is C14H22N2O3. The van der Waals surface area contributed by atoms with Crippen LogP contribution in [0.4, 0.5) is 4.79 Å². The van der Waals surface area contributed by atoms with Gasteiger partial charge in [-0.1, -0.05) is 12.5 Å². The third-order valence-corrected chi connectivity index (χ3v) is 4.07. The number of carboxylic acid groups (broad SMARTS) is 1. The molecule has 0 aromatic rings. The molecule has 0 aliphatic heterocycles. The number of hydrogen-bond acceptors (Lipinski definition) is 2. The Labute approximate surface area is 113 Å². The van der Waals surface area contributed by atoms with Gasteiger partial charge in [0.2, 0.25) is 0 Å². The molecule has 2 rings (SSSR count). The third kappa shape index (κ3) is 3.49. The predicted molar refractivity (Wildman–Crippen MR) is 71.8 cm³/mol. The highest BCUT2D eigenvalue weighted by atomic mass is 16.4. The minimum atomic E-state index is -0.734. The summed E-state index contributed by atoms with van der Waals surface area (Å²) in [6.45, 7) is 4.69. The van der Waals surface area contributed by atoms with E-state index in [0.717, 1.165) is 32.1 Å². The lowest BCUT2D eigenvalue weighted by molar-refractivity contribution is -0.142. The van der Waals surface area contributed by atoms with Crippen molar-refractivity contribution in [2.75, 3.05) is 13.1 Å². The fraction of sp³-hybridized carbons (Fsp3) is 0.714. The Kier molecular flexibility index (Phi) is 4.45. The summed E-state index contributed by atoms with van der Waals surface area (Å²) >= 11 is 0. The van der Waals surface area contributed by atoms with Gasteiger partial charge in [-0.3, -0.25) is 4.79 Å². The molecule has 0 spiro atoms. The van der Waals surface area contributed by atoms with Crippen molar-refractivity contribution in [1.29, 1.82) is 0 Å². The zero-order chi connectivity index (χ0) is 13.8. The second-order valence-electron chi connectivity index (χ2n) is 5.49. The summed E-state index contributed by atoms with van der Waals surface area (Å²) < 4.78 is 0. The average molecular weight is 266 g/mol. The predicted octanol–water partition coefficient (Wildman–Crippen LogP) is 1.85. The summed E-state index contributed by atoms with van der Waals surface area (Å²) in [6.07, 6.45) is 6.41. The number of carboxylic acids is 1. The van der Waals surface area contributed by atoms with Crippen molar-refractivity contribution >= 4 is 12.0 Å². The van der Waals surface area contributed by atoms with Crippen molar-refractivity contribution in [2.45, 2.75) is 38.1 Å². The maximum Gasteiger partial charge on any atom is 0.317 e. The largest absolute Gasteiger partial charge is 0.481 e. The molecule has 0 saturated heterocycles. The van der Waals surface area contributed by atoms with E-state index in [-0.39, 0.29) is 17.9 Å². The highest BCUT2D eigenvalue weighted by Crippen LogP contribution is 2.31. The summed E-state index contributed by atoms with van der Waals surface area (Å²) in [5.74, 6) is -0.956. The molecule has 2 amide bonds. The lowest BCUT2D eigenvalue weighted by atomic mass is 9.96. The first kappa shape index (κ1) is 13.9. The summed E-state index contributed by atoms with van der Waals surface area (Å²) in [4.78, 5) is 24.9. The van der Waals surface area contributed by atoms with Gasteiger partial charge in [0.1, 0.15) is 0 Å². The smallest absolute Gasteiger partial charge is 0.317 e. The SMILES string of the molecule is C=CCN(C(=O)NCC1CCCC1C(=O)O)C1CC1. The van der Waals surface area contributed by atoms with Gasteiger partial charge >= 0.3 is 12.0 Å². The molecule has 0 aromatic carbocycles. The van der Waals surface area contributed by atoms with Gasteiger partial charge < -0.3 is 15.3 Å². The molecule has 2 unspecified atom stereocenters. The zero-order valence-electron chi connectivity index (χ0n) is 11.2. The molecule has 5 heteroatoms. The van der Waals surface area contributed by atoms with Gasteiger partial charge in [-0.05, 0) is 31.6 Å². The topological polar surface area (TPSA) is 69.6 Å². The maximum absolute atomic E-state index is 12.1. The molecule has 0 bridgehead atoms. The van der Waals surface area contributed by atoms with E-state index in [2.05, 4.69) is 11.9 Å². The summed E-state index contributed by atoms with van der Waals surface area (Å²) in [6, 6.07) is 0.260. The van der Waals surface area contributed by atoms with E-state index in [4.69, 9.17) is 5.11 Å². The maximum atomic E-state index is 12.1. The van der Waals surface area contributed by atoms with Gasteiger partial charge in [-0.25, -0.2) is 4.79 Å². The second kappa shape index (κ2) is 6.08. The number of urea groups is 1. The number of nitrogens with one attached hydrogen (secondary N) is 1. The van der Waals surface area contributed by atoms with E-state index in [9.17, 15) is 9.59 Å². The quantitative estimate of drug-likeness (QED) is 0.721. The van der Waals surface area contributed by atoms with Crippen LogP contribution in [0, 0.1) is 11.8 Å². The fourth-order valence-corrected chi connectivity index (χ4v) is 2.85. The van der Waals surface area contributed by atoms with Crippen LogP contribution in [0.5, 0.6) is 0 Å². The Morgan fingerprint density at radius 3 is 2.63 bits per heavy atom. The Hall–Kier alpha value is -1.52. The van der Waals surface area contributed by atoms with Gasteiger partial charge in [-0.2, -0.15) is 0 Å². The van der Waals surface area contributed by atoms with E-state index in [1.54, 1.807) is 11.0 Å². The van der Waals surface area contributed by atoms with Crippen LogP contribution >= 0.6 is 0 Å². The first-order valence-corrected chi connectivity index (χ1v) is 7.01. The van der Waals surface area contributed by atoms with Crippen LogP contribution < -0.4 is 5.32 Å². The minimum absolute atomic E-state index is 0.0752. The van der Waals surface area contributed by atoms with Crippen LogP contribution in [0.1, 0.15) is 32.1 Å². The molecule has 0 aromatic heterocycles. The van der Waals surface area contributed by atoms with Crippen LogP contribution in [0.15, 0.2) is 12.7 Å². The second-order valence-corrected chi connectivity index (χ2v) is 5.49. The summed E-state index contributed by atoms with van der Waals surface area (Å²) in [5.41, 5.74) is 0. The van der Waals surface area contributed by atoms with Crippen molar-refractivity contribution in [3.8, 4) is 0 Å². The van der Waals surface area contributed by atoms with Crippen molar-refractivity contribution in [1.82, 2.24) is 10.2 Å². The van der Waals surface area contributed by atoms with E-state index < -0.39 is 5.97 Å². The highest BCUT2D eigenvalue weighted by molar-refractivity contribution is 5.75. The van der Waals surface area contributed by atoms with Crippen molar-refractivity contribution < 1.29 is 14.7 Å². The molecule has 0 radical (unpaired) electrons. The standard InChI is InChI=1S/C14H22N2O3/c1-2-8-16(11-6-7-11)14(19)15-9-10-4-3-5-12(10)13(17)18/h2,10-12H,1,3-9H2,(H,15,19)(H,17,18). The number of carbonyl (C=O) groups excluding carboxylic acids is 1. The molecule has 2 aliphatic rings. The van der Waals surface area contributed by atoms with Gasteiger partial charge in [0.15, 0.2) is 0 Å². The van der Waals surface area contributed by atoms with E-state index in [1.807, 2.05) is 0 Å². The summed E-state index contributed by atoms with van der Waals surface area (Å²) in [7, 11) is 0. The van der Waals surface area contributed by atoms with Crippen molar-refractivity contribution in [2.24, 2.45) is 11.8 Å². The first-order chi connectivity index (χ1) is 9.13. The zero-order valence-corrected chi connectivity index (χ0v) is 11.2.